The molecule has 0 unspecified atom stereocenters. The Bertz CT molecular complexity index is 1230. The molecule has 52 heavy (non-hydrogen) atoms. The maximum Gasteiger partial charge on any atom is 0.407 e. The Hall–Kier alpha value is -4.44. The summed E-state index contributed by atoms with van der Waals surface area (Å²) in [5.41, 5.74) is -0.800. The van der Waals surface area contributed by atoms with E-state index in [1.165, 1.54) is 4.90 Å². The first-order valence-corrected chi connectivity index (χ1v) is 17.7. The Morgan fingerprint density at radius 2 is 0.981 bits per heavy atom. The predicted octanol–water partition coefficient (Wildman–Crippen LogP) is 1.92. The fourth-order valence-corrected chi connectivity index (χ4v) is 4.93. The number of carbonyl (C=O) groups is 8. The third-order valence-corrected chi connectivity index (χ3v) is 7.86. The standard InChI is InChI=1S/C35H62N6O11/c1-20(2)25(18-30(45)37-23(11-13-32(47)48)16-29(44)40-26(21(3)4)19-31(46)41(9)10)39-27(42)15-22(5)36-28(43)17-24(12-14-33(49)50)38-34(51)52-35(6,7)8/h20-26H,11-19H2,1-10H3,(H,36,43)(H,37,45)(H,38,51)(H,39,42)(H,40,44)(H,47,48)(H,49,50)/t22-,23-,24-,25-,26-/m0/s1. The maximum atomic E-state index is 13.1. The van der Waals surface area contributed by atoms with Gasteiger partial charge in [0.15, 0.2) is 0 Å². The summed E-state index contributed by atoms with van der Waals surface area (Å²) in [5, 5.41) is 31.9. The minimum Gasteiger partial charge on any atom is -0.481 e. The summed E-state index contributed by atoms with van der Waals surface area (Å²) >= 11 is 0. The summed E-state index contributed by atoms with van der Waals surface area (Å²) in [6.07, 6.45) is -2.11. The van der Waals surface area contributed by atoms with Gasteiger partial charge in [-0.05, 0) is 52.4 Å². The first kappa shape index (κ1) is 47.6. The van der Waals surface area contributed by atoms with Crippen molar-refractivity contribution >= 4 is 47.6 Å². The van der Waals surface area contributed by atoms with E-state index in [-0.39, 0.29) is 75.5 Å². The van der Waals surface area contributed by atoms with Crippen LogP contribution in [0.15, 0.2) is 0 Å². The number of carboxylic acids is 2. The van der Waals surface area contributed by atoms with Gasteiger partial charge >= 0.3 is 18.0 Å². The first-order chi connectivity index (χ1) is 23.9. The lowest BCUT2D eigenvalue weighted by atomic mass is 9.98. The molecule has 0 rings (SSSR count). The molecule has 17 nitrogen and oxygen atoms in total. The number of amides is 6. The molecule has 0 radical (unpaired) electrons. The van der Waals surface area contributed by atoms with Crippen molar-refractivity contribution < 1.29 is 53.3 Å². The Kier molecular flexibility index (Phi) is 21.2. The van der Waals surface area contributed by atoms with Crippen LogP contribution in [0.3, 0.4) is 0 Å². The number of ether oxygens (including phenoxy) is 1. The molecule has 0 saturated heterocycles. The molecular formula is C35H62N6O11. The molecule has 5 atom stereocenters. The van der Waals surface area contributed by atoms with Crippen molar-refractivity contribution in [1.82, 2.24) is 31.5 Å². The SMILES string of the molecule is CC(C)[C@H](CC(=O)N[C@@H](CCC(=O)O)CC(=O)N[C@@H](CC(=O)N(C)C)C(C)C)NC(=O)C[C@H](C)NC(=O)C[C@H](CCC(=O)O)NC(=O)OC(C)(C)C. The largest absolute Gasteiger partial charge is 0.481 e. The van der Waals surface area contributed by atoms with Gasteiger partial charge in [0.2, 0.25) is 29.5 Å². The molecule has 7 N–H and O–H groups in total. The monoisotopic (exact) mass is 742 g/mol. The van der Waals surface area contributed by atoms with Crippen molar-refractivity contribution in [3.63, 3.8) is 0 Å². The molecule has 298 valence electrons. The minimum atomic E-state index is -1.10. The van der Waals surface area contributed by atoms with E-state index in [9.17, 15) is 43.5 Å². The molecule has 17 heteroatoms. The highest BCUT2D eigenvalue weighted by Crippen LogP contribution is 2.13. The van der Waals surface area contributed by atoms with Gasteiger partial charge in [0.05, 0.1) is 0 Å². The third-order valence-electron chi connectivity index (χ3n) is 7.86. The second kappa shape index (κ2) is 23.2. The van der Waals surface area contributed by atoms with Crippen LogP contribution >= 0.6 is 0 Å². The molecular weight excluding hydrogens is 680 g/mol. The quantitative estimate of drug-likeness (QED) is 0.0797. The van der Waals surface area contributed by atoms with Crippen molar-refractivity contribution in [2.24, 2.45) is 11.8 Å². The van der Waals surface area contributed by atoms with Gasteiger partial charge in [0, 0.05) is 89.3 Å². The lowest BCUT2D eigenvalue weighted by Crippen LogP contribution is -2.48. The van der Waals surface area contributed by atoms with E-state index in [2.05, 4.69) is 26.6 Å². The van der Waals surface area contributed by atoms with Crippen LogP contribution in [-0.2, 0) is 38.3 Å². The number of nitrogens with one attached hydrogen (secondary N) is 5. The Balaban J connectivity index is 5.34. The van der Waals surface area contributed by atoms with Gasteiger partial charge in [-0.2, -0.15) is 0 Å². The van der Waals surface area contributed by atoms with Crippen molar-refractivity contribution in [3.8, 4) is 0 Å². The summed E-state index contributed by atoms with van der Waals surface area (Å²) in [6.45, 7) is 13.9. The van der Waals surface area contributed by atoms with Crippen LogP contribution in [-0.4, -0.2) is 113 Å². The zero-order valence-electron chi connectivity index (χ0n) is 32.4. The smallest absolute Gasteiger partial charge is 0.407 e. The average molecular weight is 743 g/mol. The van der Waals surface area contributed by atoms with Gasteiger partial charge in [0.25, 0.3) is 0 Å². The van der Waals surface area contributed by atoms with Gasteiger partial charge in [-0.1, -0.05) is 27.7 Å². The fraction of sp³-hybridized carbons (Fsp3) is 0.771. The summed E-state index contributed by atoms with van der Waals surface area (Å²) in [5.74, 6) is -4.54. The molecule has 0 spiro atoms. The molecule has 0 aliphatic heterocycles. The maximum absolute atomic E-state index is 13.1. The van der Waals surface area contributed by atoms with E-state index in [0.717, 1.165) is 0 Å². The molecule has 0 saturated carbocycles. The topological polar surface area (TPSA) is 250 Å². The lowest BCUT2D eigenvalue weighted by Gasteiger charge is -2.26. The van der Waals surface area contributed by atoms with E-state index in [0.29, 0.717) is 0 Å². The van der Waals surface area contributed by atoms with E-state index in [4.69, 9.17) is 9.84 Å². The van der Waals surface area contributed by atoms with Crippen molar-refractivity contribution in [2.45, 2.75) is 149 Å². The predicted molar refractivity (Wildman–Crippen MR) is 192 cm³/mol. The minimum absolute atomic E-state index is 0.0160. The number of alkyl carbamates (subject to hydrolysis) is 1. The zero-order valence-corrected chi connectivity index (χ0v) is 32.4. The number of rotatable bonds is 23. The first-order valence-electron chi connectivity index (χ1n) is 17.7. The Morgan fingerprint density at radius 1 is 0.577 bits per heavy atom. The number of carboxylic acid groups (broad SMARTS) is 2. The molecule has 6 amide bonds. The highest BCUT2D eigenvalue weighted by atomic mass is 16.6. The van der Waals surface area contributed by atoms with Crippen LogP contribution < -0.4 is 26.6 Å². The van der Waals surface area contributed by atoms with Crippen LogP contribution in [0.1, 0.15) is 113 Å². The van der Waals surface area contributed by atoms with E-state index >= 15 is 0 Å². The van der Waals surface area contributed by atoms with Gasteiger partial charge in [0.1, 0.15) is 5.60 Å². The van der Waals surface area contributed by atoms with Gasteiger partial charge in [-0.15, -0.1) is 0 Å². The lowest BCUT2D eigenvalue weighted by molar-refractivity contribution is -0.138. The fourth-order valence-electron chi connectivity index (χ4n) is 4.93. The Labute approximate surface area is 307 Å². The normalized spacial score (nSPS) is 14.2. The number of carbonyl (C=O) groups excluding carboxylic acids is 6. The second-order valence-electron chi connectivity index (χ2n) is 15.1. The Morgan fingerprint density at radius 3 is 1.40 bits per heavy atom. The highest BCUT2D eigenvalue weighted by Gasteiger charge is 2.27. The van der Waals surface area contributed by atoms with E-state index in [1.807, 2.05) is 13.8 Å². The molecule has 0 aromatic rings. The van der Waals surface area contributed by atoms with Crippen molar-refractivity contribution in [2.75, 3.05) is 14.1 Å². The molecule has 0 fully saturated rings. The average Bonchev–Trinajstić information content (AvgIpc) is 2.96. The van der Waals surface area contributed by atoms with Gasteiger partial charge < -0.3 is 46.4 Å². The molecule has 0 heterocycles. The molecule has 0 aliphatic rings. The van der Waals surface area contributed by atoms with Crippen LogP contribution in [0.4, 0.5) is 4.79 Å². The van der Waals surface area contributed by atoms with E-state index in [1.54, 1.807) is 55.6 Å². The van der Waals surface area contributed by atoms with Crippen LogP contribution in [0, 0.1) is 11.8 Å². The van der Waals surface area contributed by atoms with Crippen LogP contribution in [0.25, 0.3) is 0 Å². The number of aliphatic carboxylic acids is 2. The van der Waals surface area contributed by atoms with Gasteiger partial charge in [-0.3, -0.25) is 33.6 Å². The second-order valence-corrected chi connectivity index (χ2v) is 15.1. The molecule has 0 aromatic heterocycles. The summed E-state index contributed by atoms with van der Waals surface area (Å²) in [7, 11) is 3.23. The van der Waals surface area contributed by atoms with Crippen LogP contribution in [0.5, 0.6) is 0 Å². The number of hydrogen-bond donors (Lipinski definition) is 7. The van der Waals surface area contributed by atoms with Crippen molar-refractivity contribution in [3.05, 3.63) is 0 Å². The number of hydrogen-bond acceptors (Lipinski definition) is 9. The van der Waals surface area contributed by atoms with E-state index < -0.39 is 77.5 Å². The molecule has 0 bridgehead atoms. The summed E-state index contributed by atoms with van der Waals surface area (Å²) in [6, 6.07) is -3.39. The zero-order chi connectivity index (χ0) is 40.3. The summed E-state index contributed by atoms with van der Waals surface area (Å²) in [4.78, 5) is 100. The number of nitrogens with zero attached hydrogens (tertiary/aromatic N) is 1. The van der Waals surface area contributed by atoms with Crippen LogP contribution in [0.2, 0.25) is 0 Å². The summed E-state index contributed by atoms with van der Waals surface area (Å²) < 4.78 is 5.21. The highest BCUT2D eigenvalue weighted by molar-refractivity contribution is 5.83. The third kappa shape index (κ3) is 23.1. The molecule has 0 aromatic carbocycles. The van der Waals surface area contributed by atoms with Gasteiger partial charge in [-0.25, -0.2) is 4.79 Å². The molecule has 0 aliphatic carbocycles. The van der Waals surface area contributed by atoms with Crippen molar-refractivity contribution in [1.29, 1.82) is 0 Å².